The molecule has 3 atom stereocenters. The van der Waals surface area contributed by atoms with Crippen molar-refractivity contribution in [2.45, 2.75) is 38.1 Å². The highest BCUT2D eigenvalue weighted by Gasteiger charge is 2.39. The fourth-order valence-corrected chi connectivity index (χ4v) is 4.16. The average molecular weight is 307 g/mol. The number of rotatable bonds is 2. The summed E-state index contributed by atoms with van der Waals surface area (Å²) in [6.45, 7) is 4.43. The number of fused-ring (bicyclic) bond motifs is 3. The molecule has 0 saturated heterocycles. The van der Waals surface area contributed by atoms with E-state index in [0.717, 1.165) is 12.0 Å². The molecular weight excluding hydrogens is 285 g/mol. The zero-order valence-corrected chi connectivity index (χ0v) is 13.6. The SMILES string of the molecule is CC(C)c1cccc2c1N[C@H](c1ccccc1F)[C@H]1CC=C[C@@H]21. The Morgan fingerprint density at radius 1 is 1.04 bits per heavy atom. The lowest BCUT2D eigenvalue weighted by Gasteiger charge is -2.39. The van der Waals surface area contributed by atoms with E-state index in [0.29, 0.717) is 17.8 Å². The fourth-order valence-electron chi connectivity index (χ4n) is 4.16. The molecule has 1 aliphatic heterocycles. The first-order valence-electron chi connectivity index (χ1n) is 8.47. The van der Waals surface area contributed by atoms with Gasteiger partial charge in [-0.25, -0.2) is 4.39 Å². The predicted octanol–water partition coefficient (Wildman–Crippen LogP) is 5.78. The quantitative estimate of drug-likeness (QED) is 0.694. The van der Waals surface area contributed by atoms with Gasteiger partial charge in [0.1, 0.15) is 5.82 Å². The van der Waals surface area contributed by atoms with Crippen LogP contribution in [0, 0.1) is 11.7 Å². The number of benzene rings is 2. The standard InChI is InChI=1S/C21H22FN/c1-13(2)14-8-5-10-16-15-9-6-11-17(15)21(23-20(14)16)18-7-3-4-12-19(18)22/h3-10,12-13,15,17,21,23H,11H2,1-2H3/t15-,17-,21-/m0/s1. The molecule has 4 rings (SSSR count). The Bertz CT molecular complexity index is 762. The highest BCUT2D eigenvalue weighted by molar-refractivity contribution is 5.65. The van der Waals surface area contributed by atoms with Gasteiger partial charge in [0.05, 0.1) is 6.04 Å². The van der Waals surface area contributed by atoms with Gasteiger partial charge in [0.25, 0.3) is 0 Å². The van der Waals surface area contributed by atoms with Crippen molar-refractivity contribution in [1.82, 2.24) is 0 Å². The monoisotopic (exact) mass is 307 g/mol. The van der Waals surface area contributed by atoms with E-state index in [2.05, 4.69) is 49.5 Å². The summed E-state index contributed by atoms with van der Waals surface area (Å²) in [5, 5.41) is 3.70. The highest BCUT2D eigenvalue weighted by atomic mass is 19.1. The fraction of sp³-hybridized carbons (Fsp3) is 0.333. The lowest BCUT2D eigenvalue weighted by atomic mass is 9.75. The summed E-state index contributed by atoms with van der Waals surface area (Å²) in [6, 6.07) is 13.8. The first-order valence-corrected chi connectivity index (χ1v) is 8.47. The summed E-state index contributed by atoms with van der Waals surface area (Å²) in [5.41, 5.74) is 4.68. The number of anilines is 1. The molecule has 2 aliphatic rings. The van der Waals surface area contributed by atoms with E-state index in [9.17, 15) is 4.39 Å². The third-order valence-electron chi connectivity index (χ3n) is 5.29. The second-order valence-electron chi connectivity index (χ2n) is 6.96. The lowest BCUT2D eigenvalue weighted by Crippen LogP contribution is -2.30. The minimum Gasteiger partial charge on any atom is -0.377 e. The van der Waals surface area contributed by atoms with Crippen LogP contribution in [0.15, 0.2) is 54.6 Å². The Hall–Kier alpha value is -2.09. The number of nitrogens with one attached hydrogen (secondary N) is 1. The van der Waals surface area contributed by atoms with Gasteiger partial charge in [-0.05, 0) is 35.4 Å². The van der Waals surface area contributed by atoms with Gasteiger partial charge >= 0.3 is 0 Å². The van der Waals surface area contributed by atoms with Crippen LogP contribution in [0.25, 0.3) is 0 Å². The molecule has 2 heteroatoms. The van der Waals surface area contributed by atoms with E-state index >= 15 is 0 Å². The van der Waals surface area contributed by atoms with Gasteiger partial charge in [0.15, 0.2) is 0 Å². The molecule has 23 heavy (non-hydrogen) atoms. The molecule has 2 aromatic rings. The molecule has 0 aromatic heterocycles. The van der Waals surface area contributed by atoms with Crippen LogP contribution in [0.1, 0.15) is 54.8 Å². The van der Waals surface area contributed by atoms with Gasteiger partial charge in [-0.2, -0.15) is 0 Å². The molecule has 0 fully saturated rings. The smallest absolute Gasteiger partial charge is 0.128 e. The molecule has 118 valence electrons. The molecule has 0 saturated carbocycles. The normalized spacial score (nSPS) is 25.1. The van der Waals surface area contributed by atoms with Crippen LogP contribution >= 0.6 is 0 Å². The van der Waals surface area contributed by atoms with Crippen molar-refractivity contribution in [2.24, 2.45) is 5.92 Å². The zero-order valence-electron chi connectivity index (χ0n) is 13.6. The van der Waals surface area contributed by atoms with Crippen LogP contribution in [0.4, 0.5) is 10.1 Å². The summed E-state index contributed by atoms with van der Waals surface area (Å²) in [7, 11) is 0. The maximum absolute atomic E-state index is 14.4. The van der Waals surface area contributed by atoms with Gasteiger partial charge < -0.3 is 5.32 Å². The van der Waals surface area contributed by atoms with E-state index in [1.807, 2.05) is 12.1 Å². The average Bonchev–Trinajstić information content (AvgIpc) is 3.04. The minimum absolute atomic E-state index is 0.0311. The number of hydrogen-bond acceptors (Lipinski definition) is 1. The molecule has 0 amide bonds. The largest absolute Gasteiger partial charge is 0.377 e. The minimum atomic E-state index is -0.110. The summed E-state index contributed by atoms with van der Waals surface area (Å²) in [5.74, 6) is 1.11. The summed E-state index contributed by atoms with van der Waals surface area (Å²) in [4.78, 5) is 0. The van der Waals surface area contributed by atoms with Crippen LogP contribution in [-0.4, -0.2) is 0 Å². The first kappa shape index (κ1) is 14.5. The van der Waals surface area contributed by atoms with E-state index in [4.69, 9.17) is 0 Å². The van der Waals surface area contributed by atoms with Gasteiger partial charge in [-0.15, -0.1) is 0 Å². The number of hydrogen-bond donors (Lipinski definition) is 1. The van der Waals surface area contributed by atoms with E-state index < -0.39 is 0 Å². The Balaban J connectivity index is 1.86. The predicted molar refractivity (Wildman–Crippen MR) is 93.3 cm³/mol. The van der Waals surface area contributed by atoms with Crippen molar-refractivity contribution >= 4 is 5.69 Å². The Kier molecular flexibility index (Phi) is 3.48. The highest BCUT2D eigenvalue weighted by Crippen LogP contribution is 2.51. The van der Waals surface area contributed by atoms with Crippen LogP contribution in [-0.2, 0) is 0 Å². The summed E-state index contributed by atoms with van der Waals surface area (Å²) < 4.78 is 14.4. The molecule has 1 nitrogen and oxygen atoms in total. The van der Waals surface area contributed by atoms with Gasteiger partial charge in [0.2, 0.25) is 0 Å². The van der Waals surface area contributed by atoms with Gasteiger partial charge in [-0.1, -0.05) is 62.4 Å². The maximum atomic E-state index is 14.4. The summed E-state index contributed by atoms with van der Waals surface area (Å²) in [6.07, 6.45) is 5.56. The molecule has 1 N–H and O–H groups in total. The van der Waals surface area contributed by atoms with Crippen molar-refractivity contribution in [1.29, 1.82) is 0 Å². The van der Waals surface area contributed by atoms with E-state index in [1.165, 1.54) is 16.8 Å². The molecular formula is C21H22FN. The third-order valence-corrected chi connectivity index (χ3v) is 5.29. The topological polar surface area (TPSA) is 12.0 Å². The molecule has 1 heterocycles. The third kappa shape index (κ3) is 2.28. The number of halogens is 1. The van der Waals surface area contributed by atoms with Gasteiger partial charge in [-0.3, -0.25) is 0 Å². The van der Waals surface area contributed by atoms with Crippen LogP contribution in [0.2, 0.25) is 0 Å². The lowest BCUT2D eigenvalue weighted by molar-refractivity contribution is 0.412. The van der Waals surface area contributed by atoms with Crippen LogP contribution in [0.3, 0.4) is 0 Å². The van der Waals surface area contributed by atoms with Crippen LogP contribution < -0.4 is 5.32 Å². The van der Waals surface area contributed by atoms with Crippen molar-refractivity contribution < 1.29 is 4.39 Å². The van der Waals surface area contributed by atoms with Crippen LogP contribution in [0.5, 0.6) is 0 Å². The number of allylic oxidation sites excluding steroid dienone is 2. The Morgan fingerprint density at radius 2 is 1.83 bits per heavy atom. The number of para-hydroxylation sites is 1. The Morgan fingerprint density at radius 3 is 2.61 bits per heavy atom. The molecule has 0 bridgehead atoms. The molecule has 0 radical (unpaired) electrons. The van der Waals surface area contributed by atoms with Crippen molar-refractivity contribution in [2.75, 3.05) is 5.32 Å². The maximum Gasteiger partial charge on any atom is 0.128 e. The van der Waals surface area contributed by atoms with Crippen molar-refractivity contribution in [3.8, 4) is 0 Å². The zero-order chi connectivity index (χ0) is 16.0. The van der Waals surface area contributed by atoms with E-state index in [-0.39, 0.29) is 11.9 Å². The summed E-state index contributed by atoms with van der Waals surface area (Å²) >= 11 is 0. The van der Waals surface area contributed by atoms with Gasteiger partial charge in [0, 0.05) is 17.2 Å². The second-order valence-corrected chi connectivity index (χ2v) is 6.96. The van der Waals surface area contributed by atoms with Crippen molar-refractivity contribution in [3.05, 3.63) is 77.1 Å². The first-order chi connectivity index (χ1) is 11.2. The van der Waals surface area contributed by atoms with E-state index in [1.54, 1.807) is 12.1 Å². The molecule has 1 aliphatic carbocycles. The Labute approximate surface area is 137 Å². The second kappa shape index (κ2) is 5.52. The molecule has 0 spiro atoms. The van der Waals surface area contributed by atoms with Crippen molar-refractivity contribution in [3.63, 3.8) is 0 Å². The molecule has 2 aromatic carbocycles. The molecule has 0 unspecified atom stereocenters.